The molecule has 0 radical (unpaired) electrons. The zero-order valence-corrected chi connectivity index (χ0v) is 7.11. The first-order valence-corrected chi connectivity index (χ1v) is 4.33. The van der Waals surface area contributed by atoms with E-state index in [0.717, 1.165) is 13.1 Å². The van der Waals surface area contributed by atoms with Crippen molar-refractivity contribution < 1.29 is 8.76 Å². The fourth-order valence-electron chi connectivity index (χ4n) is 0.591. The van der Waals surface area contributed by atoms with Crippen molar-refractivity contribution >= 4 is 11.3 Å². The van der Waals surface area contributed by atoms with E-state index in [1.165, 1.54) is 0 Å². The molecule has 0 rings (SSSR count). The molecule has 0 bridgehead atoms. The highest BCUT2D eigenvalue weighted by Gasteiger charge is 1.95. The SMILES string of the molecule is CCN(CC)CNS(=O)[O-]. The largest absolute Gasteiger partial charge is 0.760 e. The van der Waals surface area contributed by atoms with Gasteiger partial charge in [-0.15, -0.1) is 0 Å². The number of hydrogen-bond donors (Lipinski definition) is 1. The highest BCUT2D eigenvalue weighted by Crippen LogP contribution is 1.82. The van der Waals surface area contributed by atoms with Gasteiger partial charge >= 0.3 is 0 Å². The van der Waals surface area contributed by atoms with Crippen LogP contribution in [0.5, 0.6) is 0 Å². The van der Waals surface area contributed by atoms with Gasteiger partial charge in [0.15, 0.2) is 0 Å². The van der Waals surface area contributed by atoms with Gasteiger partial charge in [-0.2, -0.15) is 0 Å². The molecule has 0 heterocycles. The Hall–Kier alpha value is 0.0300. The van der Waals surface area contributed by atoms with Crippen molar-refractivity contribution in [3.05, 3.63) is 0 Å². The summed E-state index contributed by atoms with van der Waals surface area (Å²) in [5.41, 5.74) is 0. The molecule has 0 saturated carbocycles. The summed E-state index contributed by atoms with van der Waals surface area (Å²) >= 11 is -2.13. The maximum Gasteiger partial charge on any atom is 0.0589 e. The summed E-state index contributed by atoms with van der Waals surface area (Å²) < 4.78 is 22.3. The third-order valence-electron chi connectivity index (χ3n) is 1.30. The molecule has 5 heteroatoms. The molecular formula is C5H13N2O2S-. The lowest BCUT2D eigenvalue weighted by molar-refractivity contribution is 0.298. The monoisotopic (exact) mass is 165 g/mol. The molecule has 0 spiro atoms. The van der Waals surface area contributed by atoms with Crippen molar-refractivity contribution in [2.24, 2.45) is 0 Å². The van der Waals surface area contributed by atoms with Crippen molar-refractivity contribution in [3.8, 4) is 0 Å². The third-order valence-corrected chi connectivity index (χ3v) is 1.67. The van der Waals surface area contributed by atoms with Crippen LogP contribution in [0.2, 0.25) is 0 Å². The Morgan fingerprint density at radius 3 is 2.30 bits per heavy atom. The lowest BCUT2D eigenvalue weighted by atomic mass is 10.6. The van der Waals surface area contributed by atoms with E-state index in [-0.39, 0.29) is 0 Å². The Kier molecular flexibility index (Phi) is 5.81. The maximum atomic E-state index is 10.00. The van der Waals surface area contributed by atoms with Crippen LogP contribution in [0.25, 0.3) is 0 Å². The number of rotatable bonds is 5. The summed E-state index contributed by atoms with van der Waals surface area (Å²) in [5, 5.41) is 0. The van der Waals surface area contributed by atoms with Gasteiger partial charge in [-0.05, 0) is 13.1 Å². The summed E-state index contributed by atoms with van der Waals surface area (Å²) in [6.45, 7) is 6.10. The van der Waals surface area contributed by atoms with Crippen molar-refractivity contribution in [2.45, 2.75) is 13.8 Å². The van der Waals surface area contributed by atoms with E-state index in [0.29, 0.717) is 6.67 Å². The van der Waals surface area contributed by atoms with Gasteiger partial charge < -0.3 is 4.55 Å². The van der Waals surface area contributed by atoms with Crippen LogP contribution in [-0.4, -0.2) is 33.4 Å². The Morgan fingerprint density at radius 1 is 1.50 bits per heavy atom. The van der Waals surface area contributed by atoms with Crippen molar-refractivity contribution in [3.63, 3.8) is 0 Å². The Morgan fingerprint density at radius 2 is 2.00 bits per heavy atom. The number of hydrogen-bond acceptors (Lipinski definition) is 3. The molecule has 0 aliphatic heterocycles. The standard InChI is InChI=1S/C5H14N2O2S/c1-3-7(4-2)5-6-10(8)9/h6H,3-5H2,1-2H3,(H,8,9)/p-1. The van der Waals surface area contributed by atoms with E-state index < -0.39 is 11.3 Å². The van der Waals surface area contributed by atoms with E-state index in [2.05, 4.69) is 4.72 Å². The van der Waals surface area contributed by atoms with Crippen LogP contribution in [0.1, 0.15) is 13.8 Å². The average molecular weight is 165 g/mol. The molecule has 1 atom stereocenters. The summed E-state index contributed by atoms with van der Waals surface area (Å²) in [4.78, 5) is 1.97. The van der Waals surface area contributed by atoms with Crippen LogP contribution < -0.4 is 4.72 Å². The minimum absolute atomic E-state index is 0.406. The molecule has 0 aromatic heterocycles. The van der Waals surface area contributed by atoms with E-state index >= 15 is 0 Å². The van der Waals surface area contributed by atoms with E-state index in [4.69, 9.17) is 0 Å². The van der Waals surface area contributed by atoms with Gasteiger partial charge in [-0.1, -0.05) is 13.8 Å². The van der Waals surface area contributed by atoms with Gasteiger partial charge in [0, 0.05) is 11.3 Å². The predicted molar refractivity (Wildman–Crippen MR) is 39.8 cm³/mol. The molecule has 0 amide bonds. The number of nitrogens with zero attached hydrogens (tertiary/aromatic N) is 1. The van der Waals surface area contributed by atoms with Crippen LogP contribution in [0.3, 0.4) is 0 Å². The molecular weight excluding hydrogens is 152 g/mol. The highest BCUT2D eigenvalue weighted by atomic mass is 32.2. The molecule has 4 nitrogen and oxygen atoms in total. The molecule has 0 aromatic rings. The Labute approximate surface area is 64.0 Å². The Balaban J connectivity index is 3.34. The molecule has 0 saturated heterocycles. The first-order chi connectivity index (χ1) is 4.70. The van der Waals surface area contributed by atoms with Gasteiger partial charge in [0.1, 0.15) is 0 Å². The zero-order chi connectivity index (χ0) is 7.98. The fourth-order valence-corrected chi connectivity index (χ4v) is 0.879. The van der Waals surface area contributed by atoms with Gasteiger partial charge in [0.2, 0.25) is 0 Å². The second-order valence-electron chi connectivity index (χ2n) is 1.84. The summed E-state index contributed by atoms with van der Waals surface area (Å²) in [6, 6.07) is 0. The van der Waals surface area contributed by atoms with E-state index in [1.807, 2.05) is 18.7 Å². The molecule has 0 fully saturated rings. The average Bonchev–Trinajstić information content (AvgIpc) is 1.90. The molecule has 1 unspecified atom stereocenters. The first kappa shape index (κ1) is 10.0. The van der Waals surface area contributed by atoms with Crippen LogP contribution in [0.4, 0.5) is 0 Å². The third kappa shape index (κ3) is 4.87. The quantitative estimate of drug-likeness (QED) is 0.448. The molecule has 0 aromatic carbocycles. The van der Waals surface area contributed by atoms with Gasteiger partial charge in [0.05, 0.1) is 6.67 Å². The topological polar surface area (TPSA) is 55.4 Å². The second-order valence-corrected chi connectivity index (χ2v) is 2.60. The molecule has 0 aliphatic rings. The van der Waals surface area contributed by atoms with Crippen molar-refractivity contribution in [2.75, 3.05) is 19.8 Å². The van der Waals surface area contributed by atoms with Crippen LogP contribution in [0, 0.1) is 0 Å². The normalized spacial score (nSPS) is 14.0. The van der Waals surface area contributed by atoms with E-state index in [9.17, 15) is 8.76 Å². The lowest BCUT2D eigenvalue weighted by Gasteiger charge is -2.18. The summed E-state index contributed by atoms with van der Waals surface area (Å²) in [7, 11) is 0. The fraction of sp³-hybridized carbons (Fsp3) is 1.00. The summed E-state index contributed by atoms with van der Waals surface area (Å²) in [6.07, 6.45) is 0. The van der Waals surface area contributed by atoms with Gasteiger partial charge in [-0.25, -0.2) is 4.72 Å². The minimum Gasteiger partial charge on any atom is -0.760 e. The molecule has 10 heavy (non-hydrogen) atoms. The molecule has 0 aliphatic carbocycles. The lowest BCUT2D eigenvalue weighted by Crippen LogP contribution is -2.34. The smallest absolute Gasteiger partial charge is 0.0589 e. The molecule has 62 valence electrons. The second kappa shape index (κ2) is 5.79. The highest BCUT2D eigenvalue weighted by molar-refractivity contribution is 7.77. The first-order valence-electron chi connectivity index (χ1n) is 3.25. The van der Waals surface area contributed by atoms with Gasteiger partial charge in [0.25, 0.3) is 0 Å². The summed E-state index contributed by atoms with van der Waals surface area (Å²) in [5.74, 6) is 0. The zero-order valence-electron chi connectivity index (χ0n) is 6.29. The van der Waals surface area contributed by atoms with Gasteiger partial charge in [-0.3, -0.25) is 9.11 Å². The van der Waals surface area contributed by atoms with Crippen LogP contribution in [-0.2, 0) is 11.3 Å². The molecule has 1 N–H and O–H groups in total. The van der Waals surface area contributed by atoms with E-state index in [1.54, 1.807) is 0 Å². The predicted octanol–water partition coefficient (Wildman–Crippen LogP) is -0.331. The van der Waals surface area contributed by atoms with Crippen molar-refractivity contribution in [1.29, 1.82) is 0 Å². The van der Waals surface area contributed by atoms with Crippen molar-refractivity contribution in [1.82, 2.24) is 9.62 Å². The van der Waals surface area contributed by atoms with Crippen LogP contribution in [0.15, 0.2) is 0 Å². The van der Waals surface area contributed by atoms with Crippen LogP contribution >= 0.6 is 0 Å². The Bertz CT molecular complexity index is 106. The maximum absolute atomic E-state index is 10.00. The number of nitrogens with one attached hydrogen (secondary N) is 1. The minimum atomic E-state index is -2.13.